The van der Waals surface area contributed by atoms with Gasteiger partial charge in [0.25, 0.3) is 0 Å². The fourth-order valence-corrected chi connectivity index (χ4v) is 3.38. The summed E-state index contributed by atoms with van der Waals surface area (Å²) in [5.41, 5.74) is 0.544. The Bertz CT molecular complexity index is 382. The van der Waals surface area contributed by atoms with Gasteiger partial charge in [0.05, 0.1) is 5.54 Å². The molecule has 3 heteroatoms. The highest BCUT2D eigenvalue weighted by molar-refractivity contribution is 5.87. The molecule has 1 aliphatic rings. The molecule has 0 unspecified atom stereocenters. The van der Waals surface area contributed by atoms with Gasteiger partial charge in [-0.3, -0.25) is 9.69 Å². The van der Waals surface area contributed by atoms with Gasteiger partial charge in [0.2, 0.25) is 5.91 Å². The number of hydrogen-bond acceptors (Lipinski definition) is 2. The van der Waals surface area contributed by atoms with Crippen molar-refractivity contribution in [2.45, 2.75) is 78.8 Å². The Morgan fingerprint density at radius 1 is 1.05 bits per heavy atom. The molecular weight excluding hydrogens is 248 g/mol. The molecule has 1 rings (SSSR count). The summed E-state index contributed by atoms with van der Waals surface area (Å²) in [6, 6.07) is 0. The van der Waals surface area contributed by atoms with Gasteiger partial charge in [-0.2, -0.15) is 0 Å². The summed E-state index contributed by atoms with van der Waals surface area (Å²) in [5, 5.41) is 0. The van der Waals surface area contributed by atoms with E-state index in [-0.39, 0.29) is 11.4 Å². The van der Waals surface area contributed by atoms with Crippen molar-refractivity contribution in [3.63, 3.8) is 0 Å². The van der Waals surface area contributed by atoms with Crippen molar-refractivity contribution in [1.82, 2.24) is 9.80 Å². The van der Waals surface area contributed by atoms with Crippen LogP contribution in [0.15, 0.2) is 11.8 Å². The summed E-state index contributed by atoms with van der Waals surface area (Å²) in [7, 11) is 0. The lowest BCUT2D eigenvalue weighted by atomic mass is 9.92. The minimum Gasteiger partial charge on any atom is -0.315 e. The van der Waals surface area contributed by atoms with Crippen LogP contribution in [-0.2, 0) is 4.79 Å². The number of hydrogen-bond donors (Lipinski definition) is 0. The second-order valence-electron chi connectivity index (χ2n) is 6.96. The molecular formula is C17H32N2O. The van der Waals surface area contributed by atoms with Gasteiger partial charge < -0.3 is 4.90 Å². The number of amides is 1. The lowest BCUT2D eigenvalue weighted by molar-refractivity contribution is -0.142. The van der Waals surface area contributed by atoms with Crippen molar-refractivity contribution in [3.05, 3.63) is 11.8 Å². The van der Waals surface area contributed by atoms with Gasteiger partial charge >= 0.3 is 0 Å². The van der Waals surface area contributed by atoms with Crippen LogP contribution < -0.4 is 0 Å². The van der Waals surface area contributed by atoms with Crippen LogP contribution in [0.2, 0.25) is 0 Å². The minimum absolute atomic E-state index is 0.0970. The van der Waals surface area contributed by atoms with Crippen molar-refractivity contribution in [3.8, 4) is 0 Å². The Hall–Kier alpha value is -0.830. The third-order valence-electron chi connectivity index (χ3n) is 4.31. The normalized spacial score (nSPS) is 22.6. The van der Waals surface area contributed by atoms with Gasteiger partial charge in [-0.05, 0) is 60.1 Å². The van der Waals surface area contributed by atoms with E-state index in [1.165, 1.54) is 0 Å². The van der Waals surface area contributed by atoms with Gasteiger partial charge in [-0.1, -0.05) is 20.3 Å². The predicted molar refractivity (Wildman–Crippen MR) is 85.5 cm³/mol. The molecule has 1 amide bonds. The lowest BCUT2D eigenvalue weighted by Crippen LogP contribution is -2.60. The third kappa shape index (κ3) is 3.25. The molecule has 0 atom stereocenters. The van der Waals surface area contributed by atoms with Crippen molar-refractivity contribution in [1.29, 1.82) is 0 Å². The van der Waals surface area contributed by atoms with E-state index in [1.54, 1.807) is 0 Å². The van der Waals surface area contributed by atoms with E-state index in [2.05, 4.69) is 59.4 Å². The zero-order valence-electron chi connectivity index (χ0n) is 14.4. The van der Waals surface area contributed by atoms with Gasteiger partial charge in [0.1, 0.15) is 0 Å². The molecule has 0 radical (unpaired) electrons. The van der Waals surface area contributed by atoms with Gasteiger partial charge in [-0.25, -0.2) is 0 Å². The standard InChI is InChI=1S/C17H32N2O/c1-8-10-12-18-14(3)13-16(4,5)19(11-9-2)17(6,7)15(18)20/h13H,8-12H2,1-7H3. The number of unbranched alkanes of at least 4 members (excludes halogenated alkanes) is 1. The van der Waals surface area contributed by atoms with E-state index >= 15 is 0 Å². The Morgan fingerprint density at radius 3 is 2.15 bits per heavy atom. The Kier molecular flexibility index (Phi) is 5.42. The molecule has 1 heterocycles. The zero-order chi connectivity index (χ0) is 15.6. The summed E-state index contributed by atoms with van der Waals surface area (Å²) in [4.78, 5) is 17.3. The van der Waals surface area contributed by atoms with E-state index in [9.17, 15) is 4.79 Å². The minimum atomic E-state index is -0.457. The fraction of sp³-hybridized carbons (Fsp3) is 0.824. The molecule has 0 saturated heterocycles. The highest BCUT2D eigenvalue weighted by Gasteiger charge is 2.45. The van der Waals surface area contributed by atoms with Crippen LogP contribution >= 0.6 is 0 Å². The van der Waals surface area contributed by atoms with Crippen LogP contribution in [0.25, 0.3) is 0 Å². The highest BCUT2D eigenvalue weighted by Crippen LogP contribution is 2.34. The fourth-order valence-electron chi connectivity index (χ4n) is 3.38. The lowest BCUT2D eigenvalue weighted by Gasteiger charge is -2.45. The number of carbonyl (C=O) groups excluding carboxylic acids is 1. The zero-order valence-corrected chi connectivity index (χ0v) is 14.4. The van der Waals surface area contributed by atoms with E-state index in [0.717, 1.165) is 38.0 Å². The first-order valence-electron chi connectivity index (χ1n) is 7.97. The highest BCUT2D eigenvalue weighted by atomic mass is 16.2. The van der Waals surface area contributed by atoms with Crippen LogP contribution in [0.4, 0.5) is 0 Å². The first-order valence-corrected chi connectivity index (χ1v) is 7.97. The molecule has 0 saturated carbocycles. The average molecular weight is 280 g/mol. The number of allylic oxidation sites excluding steroid dienone is 1. The molecule has 0 aliphatic carbocycles. The SMILES string of the molecule is CCCCN1C(=O)C(C)(C)N(CCC)C(C)(C)C=C1C. The number of nitrogens with zero attached hydrogens (tertiary/aromatic N) is 2. The summed E-state index contributed by atoms with van der Waals surface area (Å²) < 4.78 is 0. The third-order valence-corrected chi connectivity index (χ3v) is 4.31. The maximum Gasteiger partial charge on any atom is 0.246 e. The largest absolute Gasteiger partial charge is 0.315 e. The molecule has 0 spiro atoms. The average Bonchev–Trinajstić information content (AvgIpc) is 2.38. The maximum atomic E-state index is 13.0. The van der Waals surface area contributed by atoms with Crippen LogP contribution in [0, 0.1) is 0 Å². The molecule has 0 fully saturated rings. The first kappa shape index (κ1) is 17.2. The number of carbonyl (C=O) groups is 1. The van der Waals surface area contributed by atoms with E-state index in [4.69, 9.17) is 0 Å². The topological polar surface area (TPSA) is 23.6 Å². The maximum absolute atomic E-state index is 13.0. The molecule has 0 aromatic carbocycles. The molecule has 0 aromatic heterocycles. The van der Waals surface area contributed by atoms with Crippen molar-refractivity contribution in [2.24, 2.45) is 0 Å². The Balaban J connectivity index is 3.22. The monoisotopic (exact) mass is 280 g/mol. The van der Waals surface area contributed by atoms with Crippen molar-refractivity contribution < 1.29 is 4.79 Å². The van der Waals surface area contributed by atoms with E-state index < -0.39 is 5.54 Å². The van der Waals surface area contributed by atoms with Gasteiger partial charge in [0, 0.05) is 17.8 Å². The molecule has 116 valence electrons. The van der Waals surface area contributed by atoms with Crippen LogP contribution in [0.3, 0.4) is 0 Å². The van der Waals surface area contributed by atoms with E-state index in [0.29, 0.717) is 0 Å². The Morgan fingerprint density at radius 2 is 1.65 bits per heavy atom. The second kappa shape index (κ2) is 6.30. The molecule has 3 nitrogen and oxygen atoms in total. The molecule has 0 bridgehead atoms. The van der Waals surface area contributed by atoms with Crippen LogP contribution in [-0.4, -0.2) is 39.9 Å². The summed E-state index contributed by atoms with van der Waals surface area (Å²) in [5.74, 6) is 0.235. The van der Waals surface area contributed by atoms with E-state index in [1.807, 2.05) is 4.90 Å². The molecule has 1 aliphatic heterocycles. The summed E-state index contributed by atoms with van der Waals surface area (Å²) in [6.07, 6.45) is 5.48. The summed E-state index contributed by atoms with van der Waals surface area (Å²) >= 11 is 0. The van der Waals surface area contributed by atoms with Crippen molar-refractivity contribution >= 4 is 5.91 Å². The van der Waals surface area contributed by atoms with Gasteiger partial charge in [0.15, 0.2) is 0 Å². The van der Waals surface area contributed by atoms with Gasteiger partial charge in [-0.15, -0.1) is 0 Å². The van der Waals surface area contributed by atoms with Crippen molar-refractivity contribution in [2.75, 3.05) is 13.1 Å². The second-order valence-corrected chi connectivity index (χ2v) is 6.96. The molecule has 0 aromatic rings. The first-order chi connectivity index (χ1) is 9.18. The molecule has 0 N–H and O–H groups in total. The molecule has 20 heavy (non-hydrogen) atoms. The summed E-state index contributed by atoms with van der Waals surface area (Å²) in [6.45, 7) is 16.7. The number of rotatable bonds is 5. The quantitative estimate of drug-likeness (QED) is 0.764. The van der Waals surface area contributed by atoms with Crippen LogP contribution in [0.5, 0.6) is 0 Å². The van der Waals surface area contributed by atoms with Crippen LogP contribution in [0.1, 0.15) is 67.7 Å². The Labute approximate surface area is 125 Å². The smallest absolute Gasteiger partial charge is 0.246 e. The predicted octanol–water partition coefficient (Wildman–Crippen LogP) is 3.80.